The van der Waals surface area contributed by atoms with E-state index in [0.717, 1.165) is 22.9 Å². The average Bonchev–Trinajstić information content (AvgIpc) is 2.92. The van der Waals surface area contributed by atoms with E-state index in [4.69, 9.17) is 18.0 Å². The lowest BCUT2D eigenvalue weighted by atomic mass is 10.1. The molecule has 20 heavy (non-hydrogen) atoms. The number of carbonyl (C=O) groups excluding carboxylic acids is 1. The highest BCUT2D eigenvalue weighted by atomic mass is 79.9. The summed E-state index contributed by atoms with van der Waals surface area (Å²) >= 11 is 8.38. The van der Waals surface area contributed by atoms with Gasteiger partial charge in [0, 0.05) is 10.5 Å². The molecule has 0 spiro atoms. The molecule has 0 atom stereocenters. The summed E-state index contributed by atoms with van der Waals surface area (Å²) in [4.78, 5) is 14.8. The smallest absolute Gasteiger partial charge is 0.227 e. The number of hydrogen-bond acceptors (Lipinski definition) is 2. The average molecular weight is 355 g/mol. The molecule has 3 nitrogen and oxygen atoms in total. The fourth-order valence-corrected chi connectivity index (χ4v) is 3.09. The predicted octanol–water partition coefficient (Wildman–Crippen LogP) is 3.05. The summed E-state index contributed by atoms with van der Waals surface area (Å²) in [6.45, 7) is 0.398. The fraction of sp³-hybridized carbons (Fsp3) is 0.467. The number of hydrogen-bond donors (Lipinski definition) is 1. The minimum absolute atomic E-state index is 0.118. The molecule has 1 aliphatic carbocycles. The maximum absolute atomic E-state index is 12.5. The summed E-state index contributed by atoms with van der Waals surface area (Å²) in [6, 6.07) is 8.15. The maximum atomic E-state index is 12.5. The van der Waals surface area contributed by atoms with E-state index in [-0.39, 0.29) is 5.91 Å². The van der Waals surface area contributed by atoms with Crippen molar-refractivity contribution in [3.8, 4) is 0 Å². The molecule has 1 fully saturated rings. The van der Waals surface area contributed by atoms with Gasteiger partial charge in [-0.3, -0.25) is 4.79 Å². The highest BCUT2D eigenvalue weighted by molar-refractivity contribution is 9.10. The van der Waals surface area contributed by atoms with Gasteiger partial charge in [0.05, 0.1) is 18.0 Å². The Morgan fingerprint density at radius 2 is 1.90 bits per heavy atom. The minimum Gasteiger partial charge on any atom is -0.392 e. The van der Waals surface area contributed by atoms with Gasteiger partial charge in [0.15, 0.2) is 0 Å². The van der Waals surface area contributed by atoms with Crippen molar-refractivity contribution < 1.29 is 4.79 Å². The number of nitrogens with two attached hydrogens (primary N) is 1. The van der Waals surface area contributed by atoms with Crippen molar-refractivity contribution in [2.24, 2.45) is 5.73 Å². The third-order valence-electron chi connectivity index (χ3n) is 3.68. The molecule has 0 radical (unpaired) electrons. The number of halogens is 1. The zero-order valence-electron chi connectivity index (χ0n) is 11.3. The second-order valence-corrected chi connectivity index (χ2v) is 6.67. The first-order valence-corrected chi connectivity index (χ1v) is 8.08. The summed E-state index contributed by atoms with van der Waals surface area (Å²) in [5.41, 5.74) is 6.66. The Morgan fingerprint density at radius 1 is 1.30 bits per heavy atom. The molecule has 1 saturated carbocycles. The Balaban J connectivity index is 2.05. The molecule has 0 saturated heterocycles. The van der Waals surface area contributed by atoms with Gasteiger partial charge in [0.25, 0.3) is 0 Å². The molecule has 2 rings (SSSR count). The molecular weight excluding hydrogens is 336 g/mol. The van der Waals surface area contributed by atoms with Crippen LogP contribution >= 0.6 is 28.1 Å². The van der Waals surface area contributed by atoms with Gasteiger partial charge >= 0.3 is 0 Å². The van der Waals surface area contributed by atoms with Crippen LogP contribution in [0, 0.1) is 0 Å². The summed E-state index contributed by atoms with van der Waals surface area (Å²) in [5, 5.41) is 0. The van der Waals surface area contributed by atoms with Crippen molar-refractivity contribution >= 4 is 39.0 Å². The molecule has 0 bridgehead atoms. The molecule has 5 heteroatoms. The molecule has 0 unspecified atom stereocenters. The molecule has 0 aliphatic heterocycles. The van der Waals surface area contributed by atoms with Crippen LogP contribution in [-0.2, 0) is 11.2 Å². The monoisotopic (exact) mass is 354 g/mol. The molecule has 2 N–H and O–H groups in total. The highest BCUT2D eigenvalue weighted by Crippen LogP contribution is 2.24. The van der Waals surface area contributed by atoms with Crippen molar-refractivity contribution in [3.05, 3.63) is 34.3 Å². The molecule has 1 amide bonds. The van der Waals surface area contributed by atoms with Crippen molar-refractivity contribution in [3.63, 3.8) is 0 Å². The van der Waals surface area contributed by atoms with Crippen LogP contribution < -0.4 is 5.73 Å². The Morgan fingerprint density at radius 3 is 2.45 bits per heavy atom. The predicted molar refractivity (Wildman–Crippen MR) is 88.6 cm³/mol. The third-order valence-corrected chi connectivity index (χ3v) is 4.34. The zero-order valence-corrected chi connectivity index (χ0v) is 13.8. The highest BCUT2D eigenvalue weighted by Gasteiger charge is 2.26. The first-order chi connectivity index (χ1) is 9.56. The minimum atomic E-state index is 0.118. The number of thiocarbonyl (C=S) groups is 1. The van der Waals surface area contributed by atoms with E-state index in [1.807, 2.05) is 29.2 Å². The Bertz CT molecular complexity index is 483. The van der Waals surface area contributed by atoms with Crippen LogP contribution in [0.2, 0.25) is 0 Å². The summed E-state index contributed by atoms with van der Waals surface area (Å²) in [7, 11) is 0. The summed E-state index contributed by atoms with van der Waals surface area (Å²) in [6.07, 6.45) is 4.91. The lowest BCUT2D eigenvalue weighted by Gasteiger charge is -2.28. The van der Waals surface area contributed by atoms with Gasteiger partial charge in [-0.05, 0) is 30.5 Å². The summed E-state index contributed by atoms with van der Waals surface area (Å²) in [5.74, 6) is 0.118. The largest absolute Gasteiger partial charge is 0.392 e. The van der Waals surface area contributed by atoms with Crippen molar-refractivity contribution in [1.29, 1.82) is 0 Å². The van der Waals surface area contributed by atoms with Crippen LogP contribution in [0.1, 0.15) is 31.2 Å². The van der Waals surface area contributed by atoms with Gasteiger partial charge in [0.1, 0.15) is 0 Å². The van der Waals surface area contributed by atoms with E-state index in [0.29, 0.717) is 24.0 Å². The molecule has 1 aliphatic rings. The van der Waals surface area contributed by atoms with Crippen LogP contribution in [0.3, 0.4) is 0 Å². The number of nitrogens with zero attached hydrogens (tertiary/aromatic N) is 1. The van der Waals surface area contributed by atoms with Gasteiger partial charge in [-0.2, -0.15) is 0 Å². The topological polar surface area (TPSA) is 46.3 Å². The standard InChI is InChI=1S/C15H19BrN2OS/c16-12-7-5-11(6-8-12)9-15(19)18(10-14(17)20)13-3-1-2-4-13/h5-8,13H,1-4,9-10H2,(H2,17,20). The third kappa shape index (κ3) is 4.28. The van der Waals surface area contributed by atoms with E-state index in [9.17, 15) is 4.79 Å². The van der Waals surface area contributed by atoms with E-state index in [1.54, 1.807) is 0 Å². The zero-order chi connectivity index (χ0) is 14.5. The van der Waals surface area contributed by atoms with Crippen LogP contribution in [0.15, 0.2) is 28.7 Å². The first-order valence-electron chi connectivity index (χ1n) is 6.88. The van der Waals surface area contributed by atoms with E-state index < -0.39 is 0 Å². The van der Waals surface area contributed by atoms with Crippen molar-refractivity contribution in [2.75, 3.05) is 6.54 Å². The van der Waals surface area contributed by atoms with E-state index in [2.05, 4.69) is 15.9 Å². The second-order valence-electron chi connectivity index (χ2n) is 5.23. The van der Waals surface area contributed by atoms with Gasteiger partial charge in [-0.25, -0.2) is 0 Å². The lowest BCUT2D eigenvalue weighted by molar-refractivity contribution is -0.131. The Hall–Kier alpha value is -0.940. The number of amides is 1. The van der Waals surface area contributed by atoms with Crippen molar-refractivity contribution in [2.45, 2.75) is 38.1 Å². The molecule has 1 aromatic rings. The normalized spacial score (nSPS) is 15.2. The molecule has 0 heterocycles. The van der Waals surface area contributed by atoms with E-state index >= 15 is 0 Å². The maximum Gasteiger partial charge on any atom is 0.227 e. The molecule has 108 valence electrons. The van der Waals surface area contributed by atoms with Crippen LogP contribution in [0.4, 0.5) is 0 Å². The number of rotatable bonds is 5. The van der Waals surface area contributed by atoms with Gasteiger partial charge in [-0.1, -0.05) is 53.1 Å². The molecular formula is C15H19BrN2OS. The Kier molecular flexibility index (Phi) is 5.54. The summed E-state index contributed by atoms with van der Waals surface area (Å²) < 4.78 is 1.02. The fourth-order valence-electron chi connectivity index (χ4n) is 2.68. The number of carbonyl (C=O) groups is 1. The van der Waals surface area contributed by atoms with Crippen LogP contribution in [0.25, 0.3) is 0 Å². The van der Waals surface area contributed by atoms with E-state index in [1.165, 1.54) is 12.8 Å². The van der Waals surface area contributed by atoms with Crippen molar-refractivity contribution in [1.82, 2.24) is 4.90 Å². The molecule has 1 aromatic carbocycles. The quantitative estimate of drug-likeness (QED) is 0.826. The van der Waals surface area contributed by atoms with Gasteiger partial charge in [-0.15, -0.1) is 0 Å². The SMILES string of the molecule is NC(=S)CN(C(=O)Cc1ccc(Br)cc1)C1CCCC1. The van der Waals surface area contributed by atoms with Gasteiger partial charge < -0.3 is 10.6 Å². The molecule has 0 aromatic heterocycles. The van der Waals surface area contributed by atoms with Crippen LogP contribution in [-0.4, -0.2) is 28.4 Å². The van der Waals surface area contributed by atoms with Gasteiger partial charge in [0.2, 0.25) is 5.91 Å². The Labute approximate surface area is 133 Å². The first kappa shape index (κ1) is 15.4. The lowest BCUT2D eigenvalue weighted by Crippen LogP contribution is -2.44. The van der Waals surface area contributed by atoms with Crippen LogP contribution in [0.5, 0.6) is 0 Å². The number of benzene rings is 1. The second kappa shape index (κ2) is 7.18.